The SMILES string of the molecule is O=C(O)c1cccc(C(=O)OOC(CCCCCO)OC(=O)c2cccc(C(=O)O)c2)c1. The zero-order chi connectivity index (χ0) is 23.5. The van der Waals surface area contributed by atoms with Crippen LogP contribution in [0.15, 0.2) is 48.5 Å². The highest BCUT2D eigenvalue weighted by Crippen LogP contribution is 2.15. The van der Waals surface area contributed by atoms with Crippen LogP contribution in [-0.4, -0.2) is 52.1 Å². The second kappa shape index (κ2) is 12.2. The van der Waals surface area contributed by atoms with E-state index in [9.17, 15) is 19.2 Å². The number of aliphatic hydroxyl groups is 1. The number of carbonyl (C=O) groups is 4. The van der Waals surface area contributed by atoms with E-state index in [0.29, 0.717) is 19.3 Å². The van der Waals surface area contributed by atoms with Crippen LogP contribution in [0.2, 0.25) is 0 Å². The summed E-state index contributed by atoms with van der Waals surface area (Å²) in [6.45, 7) is -0.0117. The van der Waals surface area contributed by atoms with Gasteiger partial charge in [-0.1, -0.05) is 18.6 Å². The molecule has 2 aromatic rings. The van der Waals surface area contributed by atoms with Gasteiger partial charge in [-0.3, -0.25) is 4.89 Å². The maximum atomic E-state index is 12.4. The third kappa shape index (κ3) is 7.49. The van der Waals surface area contributed by atoms with Gasteiger partial charge in [-0.05, 0) is 49.2 Å². The van der Waals surface area contributed by atoms with E-state index in [2.05, 4.69) is 0 Å². The topological polar surface area (TPSA) is 157 Å². The molecule has 0 aliphatic carbocycles. The summed E-state index contributed by atoms with van der Waals surface area (Å²) in [6.07, 6.45) is 0.411. The second-order valence-corrected chi connectivity index (χ2v) is 6.65. The van der Waals surface area contributed by atoms with Gasteiger partial charge in [-0.15, -0.1) is 4.89 Å². The summed E-state index contributed by atoms with van der Waals surface area (Å²) >= 11 is 0. The summed E-state index contributed by atoms with van der Waals surface area (Å²) in [5, 5.41) is 27.0. The standard InChI is InChI=1S/C22H22O10/c23-11-3-1-2-10-18(30-21(28)16-8-4-6-14(12-16)19(24)25)31-32-22(29)17-9-5-7-15(13-17)20(26)27/h4-9,12-13,18,23H,1-3,10-11H2,(H,24,25)(H,26,27). The van der Waals surface area contributed by atoms with Crippen molar-refractivity contribution in [2.24, 2.45) is 0 Å². The maximum absolute atomic E-state index is 12.4. The molecule has 0 aliphatic rings. The van der Waals surface area contributed by atoms with E-state index in [4.69, 9.17) is 29.8 Å². The molecule has 0 heterocycles. The maximum Gasteiger partial charge on any atom is 0.373 e. The van der Waals surface area contributed by atoms with Crippen molar-refractivity contribution in [2.75, 3.05) is 6.61 Å². The monoisotopic (exact) mass is 446 g/mol. The van der Waals surface area contributed by atoms with Crippen molar-refractivity contribution in [1.29, 1.82) is 0 Å². The van der Waals surface area contributed by atoms with E-state index >= 15 is 0 Å². The van der Waals surface area contributed by atoms with Crippen molar-refractivity contribution < 1.29 is 49.0 Å². The molecule has 0 fully saturated rings. The quantitative estimate of drug-likeness (QED) is 0.146. The fourth-order valence-corrected chi connectivity index (χ4v) is 2.62. The number of aliphatic hydroxyl groups excluding tert-OH is 1. The van der Waals surface area contributed by atoms with Crippen molar-refractivity contribution in [3.8, 4) is 0 Å². The molecule has 0 spiro atoms. The van der Waals surface area contributed by atoms with Crippen LogP contribution in [-0.2, 0) is 14.5 Å². The minimum atomic E-state index is -1.30. The lowest BCUT2D eigenvalue weighted by Gasteiger charge is -2.17. The Bertz CT molecular complexity index is 969. The lowest BCUT2D eigenvalue weighted by Crippen LogP contribution is -2.24. The Labute approximate surface area is 182 Å². The van der Waals surface area contributed by atoms with Crippen molar-refractivity contribution in [3.63, 3.8) is 0 Å². The van der Waals surface area contributed by atoms with Gasteiger partial charge in [0, 0.05) is 13.0 Å². The number of aromatic carboxylic acids is 2. The van der Waals surface area contributed by atoms with E-state index in [-0.39, 0.29) is 35.3 Å². The minimum Gasteiger partial charge on any atom is -0.478 e. The molecule has 0 saturated heterocycles. The van der Waals surface area contributed by atoms with Crippen LogP contribution in [0.25, 0.3) is 0 Å². The predicted octanol–water partition coefficient (Wildman–Crippen LogP) is 2.91. The van der Waals surface area contributed by atoms with Crippen molar-refractivity contribution in [1.82, 2.24) is 0 Å². The zero-order valence-corrected chi connectivity index (χ0v) is 16.9. The molecule has 1 atom stereocenters. The van der Waals surface area contributed by atoms with Gasteiger partial charge in [0.05, 0.1) is 22.3 Å². The molecule has 0 bridgehead atoms. The summed E-state index contributed by atoms with van der Waals surface area (Å²) < 4.78 is 5.21. The lowest BCUT2D eigenvalue weighted by atomic mass is 10.1. The number of hydrogen-bond acceptors (Lipinski definition) is 8. The van der Waals surface area contributed by atoms with Gasteiger partial charge in [0.1, 0.15) is 0 Å². The van der Waals surface area contributed by atoms with Gasteiger partial charge in [-0.25, -0.2) is 19.2 Å². The van der Waals surface area contributed by atoms with Crippen molar-refractivity contribution in [2.45, 2.75) is 32.0 Å². The molecule has 10 nitrogen and oxygen atoms in total. The highest BCUT2D eigenvalue weighted by molar-refractivity contribution is 5.95. The van der Waals surface area contributed by atoms with Crippen LogP contribution in [0.1, 0.15) is 67.1 Å². The zero-order valence-electron chi connectivity index (χ0n) is 16.9. The minimum absolute atomic E-state index is 0.0117. The van der Waals surface area contributed by atoms with E-state index in [1.165, 1.54) is 36.4 Å². The van der Waals surface area contributed by atoms with Crippen LogP contribution >= 0.6 is 0 Å². The van der Waals surface area contributed by atoms with Crippen molar-refractivity contribution in [3.05, 3.63) is 70.8 Å². The molecule has 0 amide bonds. The van der Waals surface area contributed by atoms with Crippen LogP contribution in [0.4, 0.5) is 0 Å². The molecule has 170 valence electrons. The average Bonchev–Trinajstić information content (AvgIpc) is 2.79. The fraction of sp³-hybridized carbons (Fsp3) is 0.273. The summed E-state index contributed by atoms with van der Waals surface area (Å²) in [4.78, 5) is 56.5. The Morgan fingerprint density at radius 3 is 1.81 bits per heavy atom. The van der Waals surface area contributed by atoms with Crippen molar-refractivity contribution >= 4 is 23.9 Å². The molecule has 3 N–H and O–H groups in total. The fourth-order valence-electron chi connectivity index (χ4n) is 2.62. The van der Waals surface area contributed by atoms with Gasteiger partial charge in [0.25, 0.3) is 0 Å². The molecular formula is C22H22O10. The van der Waals surface area contributed by atoms with Crippen LogP contribution in [0, 0.1) is 0 Å². The third-order valence-corrected chi connectivity index (χ3v) is 4.26. The Hall–Kier alpha value is -3.76. The first-order valence-electron chi connectivity index (χ1n) is 9.68. The Kier molecular flexibility index (Phi) is 9.33. The Balaban J connectivity index is 2.05. The molecule has 0 saturated carbocycles. The number of benzene rings is 2. The number of unbranched alkanes of at least 4 members (excludes halogenated alkanes) is 2. The molecule has 2 rings (SSSR count). The van der Waals surface area contributed by atoms with Crippen LogP contribution in [0.5, 0.6) is 0 Å². The molecule has 10 heteroatoms. The number of carbonyl (C=O) groups excluding carboxylic acids is 2. The van der Waals surface area contributed by atoms with Gasteiger partial charge >= 0.3 is 23.9 Å². The molecule has 1 unspecified atom stereocenters. The number of esters is 1. The molecule has 2 aromatic carbocycles. The first kappa shape index (κ1) is 24.5. The largest absolute Gasteiger partial charge is 0.478 e. The Morgan fingerprint density at radius 2 is 1.28 bits per heavy atom. The number of hydrogen-bond donors (Lipinski definition) is 3. The second-order valence-electron chi connectivity index (χ2n) is 6.65. The van der Waals surface area contributed by atoms with Crippen LogP contribution < -0.4 is 0 Å². The van der Waals surface area contributed by atoms with E-state index in [1.807, 2.05) is 0 Å². The normalized spacial score (nSPS) is 11.4. The third-order valence-electron chi connectivity index (χ3n) is 4.26. The van der Waals surface area contributed by atoms with Crippen LogP contribution in [0.3, 0.4) is 0 Å². The smallest absolute Gasteiger partial charge is 0.373 e. The summed E-state index contributed by atoms with van der Waals surface area (Å²) in [5.74, 6) is -4.31. The number of ether oxygens (including phenoxy) is 1. The summed E-state index contributed by atoms with van der Waals surface area (Å²) in [6, 6.07) is 10.3. The van der Waals surface area contributed by atoms with E-state index in [1.54, 1.807) is 0 Å². The molecular weight excluding hydrogens is 424 g/mol. The Morgan fingerprint density at radius 1 is 0.750 bits per heavy atom. The average molecular weight is 446 g/mol. The van der Waals surface area contributed by atoms with E-state index in [0.717, 1.165) is 12.1 Å². The summed E-state index contributed by atoms with van der Waals surface area (Å²) in [7, 11) is 0. The molecule has 32 heavy (non-hydrogen) atoms. The highest BCUT2D eigenvalue weighted by atomic mass is 17.2. The lowest BCUT2D eigenvalue weighted by molar-refractivity contribution is -0.327. The van der Waals surface area contributed by atoms with Gasteiger partial charge in [-0.2, -0.15) is 0 Å². The van der Waals surface area contributed by atoms with Gasteiger partial charge < -0.3 is 20.1 Å². The number of carboxylic acid groups (broad SMARTS) is 2. The number of carboxylic acids is 2. The van der Waals surface area contributed by atoms with Gasteiger partial charge in [0.15, 0.2) is 0 Å². The van der Waals surface area contributed by atoms with Gasteiger partial charge in [0.2, 0.25) is 6.29 Å². The predicted molar refractivity (Wildman–Crippen MR) is 108 cm³/mol. The van der Waals surface area contributed by atoms with E-state index < -0.39 is 30.2 Å². The molecule has 0 aromatic heterocycles. The number of rotatable bonds is 12. The first-order valence-corrected chi connectivity index (χ1v) is 9.68. The highest BCUT2D eigenvalue weighted by Gasteiger charge is 2.21. The first-order chi connectivity index (χ1) is 15.3. The molecule has 0 aliphatic heterocycles. The summed E-state index contributed by atoms with van der Waals surface area (Å²) in [5.41, 5.74) is -0.340. The molecule has 0 radical (unpaired) electrons.